The van der Waals surface area contributed by atoms with Crippen LogP contribution in [0.1, 0.15) is 11.1 Å². The Bertz CT molecular complexity index is 2200. The van der Waals surface area contributed by atoms with Crippen molar-refractivity contribution in [1.82, 2.24) is 4.98 Å². The molecule has 0 bridgehead atoms. The van der Waals surface area contributed by atoms with Crippen LogP contribution in [0.5, 0.6) is 0 Å². The Balaban J connectivity index is 0.000000171. The summed E-state index contributed by atoms with van der Waals surface area (Å²) in [6, 6.07) is 88.5. The van der Waals surface area contributed by atoms with Gasteiger partial charge in [-0.25, -0.2) is 0 Å². The summed E-state index contributed by atoms with van der Waals surface area (Å²) in [4.78, 5) is 4.61. The Hall–Kier alpha value is -3.30. The molecule has 0 fully saturated rings. The van der Waals surface area contributed by atoms with E-state index in [0.717, 1.165) is 5.44 Å². The van der Waals surface area contributed by atoms with Gasteiger partial charge in [-0.3, -0.25) is 4.98 Å². The van der Waals surface area contributed by atoms with Gasteiger partial charge in [-0.2, -0.15) is 0 Å². The van der Waals surface area contributed by atoms with Gasteiger partial charge in [-0.1, -0.05) is 248 Å². The quantitative estimate of drug-likeness (QED) is 0.0797. The molecule has 0 aliphatic carbocycles. The van der Waals surface area contributed by atoms with E-state index in [4.69, 9.17) is 0 Å². The average molecular weight is 1200 g/mol. The topological polar surface area (TPSA) is 12.9 Å². The van der Waals surface area contributed by atoms with Crippen LogP contribution < -0.4 is 47.9 Å². The number of benzene rings is 8. The van der Waals surface area contributed by atoms with Gasteiger partial charge >= 0.3 is 66.2 Å². The van der Waals surface area contributed by atoms with Crippen molar-refractivity contribution in [3.63, 3.8) is 0 Å². The van der Waals surface area contributed by atoms with Gasteiger partial charge in [0.2, 0.25) is 0 Å². The molecule has 0 saturated heterocycles. The van der Waals surface area contributed by atoms with Crippen molar-refractivity contribution in [3.8, 4) is 0 Å². The van der Waals surface area contributed by atoms with Crippen molar-refractivity contribution in [2.24, 2.45) is 0 Å². The fraction of sp³-hybridized carbons (Fsp3) is 0.0364. The van der Waals surface area contributed by atoms with Crippen molar-refractivity contribution < 1.29 is 25.5 Å². The second-order valence-corrected chi connectivity index (χ2v) is 20.5. The zero-order chi connectivity index (χ0) is 44.5. The Labute approximate surface area is 418 Å². The van der Waals surface area contributed by atoms with E-state index in [0.29, 0.717) is 0 Å². The van der Waals surface area contributed by atoms with Crippen molar-refractivity contribution in [3.05, 3.63) is 266 Å². The third-order valence-electron chi connectivity index (χ3n) is 9.55. The summed E-state index contributed by atoms with van der Waals surface area (Å²) in [5.74, 6) is 0. The molecule has 1 heterocycles. The van der Waals surface area contributed by atoms with Gasteiger partial charge in [0.05, 0.1) is 5.44 Å². The van der Waals surface area contributed by atoms with E-state index < -0.39 is 23.8 Å². The van der Waals surface area contributed by atoms with Crippen LogP contribution in [0.15, 0.2) is 255 Å². The Kier molecular flexibility index (Phi) is 23.6. The summed E-state index contributed by atoms with van der Waals surface area (Å²) in [6.45, 7) is 4.25. The first-order chi connectivity index (χ1) is 31.1. The molecular formula is C55H48Cu2I2NP3. The summed E-state index contributed by atoms with van der Waals surface area (Å²) in [7, 11) is -1.47. The van der Waals surface area contributed by atoms with Crippen molar-refractivity contribution in [1.29, 1.82) is 0 Å². The molecule has 8 aromatic carbocycles. The Morgan fingerprint density at radius 2 is 0.492 bits per heavy atom. The van der Waals surface area contributed by atoms with Gasteiger partial charge in [0.1, 0.15) is 0 Å². The maximum atomic E-state index is 4.61. The fourth-order valence-electron chi connectivity index (χ4n) is 6.64. The normalized spacial score (nSPS) is 10.2. The van der Waals surface area contributed by atoms with Crippen LogP contribution in [-0.2, 0) is 25.5 Å². The van der Waals surface area contributed by atoms with Gasteiger partial charge in [0.25, 0.3) is 0 Å². The average Bonchev–Trinajstić information content (AvgIpc) is 3.37. The predicted octanol–water partition coefficient (Wildman–Crippen LogP) is 12.1. The van der Waals surface area contributed by atoms with Crippen LogP contribution >= 0.6 is 64.5 Å². The predicted molar refractivity (Wildman–Crippen MR) is 291 cm³/mol. The maximum Gasteiger partial charge on any atom is -0.0134 e. The molecular weight excluding hydrogens is 1150 g/mol. The van der Waals surface area contributed by atoms with Crippen LogP contribution in [0.3, 0.4) is 0 Å². The zero-order valence-electron chi connectivity index (χ0n) is 34.9. The number of halogens is 2. The van der Waals surface area contributed by atoms with Gasteiger partial charge in [-0.15, -0.1) is 0 Å². The maximum absolute atomic E-state index is 4.61. The third-order valence-corrected chi connectivity index (χ3v) is 16.8. The molecule has 0 aliphatic heterocycles. The number of rotatable bonds is 9. The SMILES string of the molecule is Cc1ccc(P(c2ccc(C)cc2)c2ccccn2)cc1.[Cu][I].[Cu][I].c1ccc(P(c2ccccc2)c2ccccc2)cc1.c1ccc(P(c2ccccc2)c2ccccc2)cc1. The van der Waals surface area contributed by atoms with Crippen molar-refractivity contribution in [2.75, 3.05) is 0 Å². The molecule has 9 aromatic rings. The van der Waals surface area contributed by atoms with E-state index in [9.17, 15) is 0 Å². The number of aryl methyl sites for hydroxylation is 2. The number of nitrogens with zero attached hydrogens (tertiary/aromatic N) is 1. The smallest absolute Gasteiger partial charge is 0.0134 e. The summed E-state index contributed by atoms with van der Waals surface area (Å²) >= 11 is 11.7. The molecule has 0 unspecified atom stereocenters. The number of hydrogen-bond acceptors (Lipinski definition) is 1. The molecule has 0 N–H and O–H groups in total. The molecule has 0 atom stereocenters. The zero-order valence-corrected chi connectivity index (χ0v) is 43.8. The largest absolute Gasteiger partial charge is 0.0622 e. The molecule has 0 aliphatic rings. The van der Waals surface area contributed by atoms with Crippen LogP contribution in [0.25, 0.3) is 0 Å². The second-order valence-electron chi connectivity index (χ2n) is 13.9. The molecule has 0 amide bonds. The van der Waals surface area contributed by atoms with E-state index in [2.05, 4.69) is 287 Å². The first-order valence-corrected chi connectivity index (χ1v) is 30.2. The van der Waals surface area contributed by atoms with Crippen LogP contribution in [0.4, 0.5) is 0 Å². The molecule has 0 spiro atoms. The third kappa shape index (κ3) is 16.0. The van der Waals surface area contributed by atoms with Gasteiger partial charge in [-0.05, 0) is 84.3 Å². The molecule has 1 aromatic heterocycles. The Morgan fingerprint density at radius 1 is 0.270 bits per heavy atom. The van der Waals surface area contributed by atoms with E-state index in [1.807, 2.05) is 12.3 Å². The van der Waals surface area contributed by atoms with Crippen LogP contribution in [0, 0.1) is 13.8 Å². The molecule has 63 heavy (non-hydrogen) atoms. The van der Waals surface area contributed by atoms with Gasteiger partial charge in [0.15, 0.2) is 0 Å². The monoisotopic (exact) mass is 1190 g/mol. The van der Waals surface area contributed by atoms with Gasteiger partial charge in [0, 0.05) is 14.1 Å². The van der Waals surface area contributed by atoms with Gasteiger partial charge < -0.3 is 0 Å². The minimum absolute atomic E-state index is 0.446. The number of aromatic nitrogens is 1. The van der Waals surface area contributed by atoms with E-state index >= 15 is 0 Å². The fourth-order valence-corrected chi connectivity index (χ4v) is 13.4. The summed E-state index contributed by atoms with van der Waals surface area (Å²) in [5, 5.41) is 11.1. The molecule has 9 rings (SSSR count). The van der Waals surface area contributed by atoms with Crippen LogP contribution in [-0.4, -0.2) is 4.98 Å². The van der Waals surface area contributed by atoms with Crippen molar-refractivity contribution >= 4 is 112 Å². The first kappa shape index (κ1) is 50.7. The second kappa shape index (κ2) is 29.3. The van der Waals surface area contributed by atoms with Crippen LogP contribution in [0.2, 0.25) is 0 Å². The Morgan fingerprint density at radius 3 is 0.714 bits per heavy atom. The molecule has 0 saturated carbocycles. The minimum Gasteiger partial charge on any atom is -0.0622 e. The first-order valence-electron chi connectivity index (χ1n) is 20.1. The number of pyridine rings is 1. The summed E-state index contributed by atoms with van der Waals surface area (Å²) < 4.78 is 0. The van der Waals surface area contributed by atoms with E-state index in [1.54, 1.807) is 40.7 Å². The van der Waals surface area contributed by atoms with E-state index in [-0.39, 0.29) is 0 Å². The molecule has 8 heteroatoms. The molecule has 1 nitrogen and oxygen atoms in total. The van der Waals surface area contributed by atoms with E-state index in [1.165, 1.54) is 53.6 Å². The molecule has 0 radical (unpaired) electrons. The standard InChI is InChI=1S/C19H18NP.2C18H15P.2Cu.2HI/c1-15-6-10-17(11-7-15)21(19-5-3-4-14-20-19)18-12-8-16(2)9-13-18;2*1-4-10-16(11-5-1)19(17-12-6-2-7-13-17)18-14-8-3-9-15-18;;;;/h3-14H,1-2H3;2*1-15H;;;2*1H/q;;;2*+1;;/p-2. The molecule has 324 valence electrons. The summed E-state index contributed by atoms with van der Waals surface area (Å²) in [6.07, 6.45) is 1.88. The van der Waals surface area contributed by atoms with Crippen molar-refractivity contribution in [2.45, 2.75) is 13.8 Å². The minimum atomic E-state index is -0.582. The number of hydrogen-bond donors (Lipinski definition) is 0. The summed E-state index contributed by atoms with van der Waals surface area (Å²) in [5.41, 5.74) is 3.73.